The number of benzene rings is 1. The van der Waals surface area contributed by atoms with E-state index in [-0.39, 0.29) is 5.82 Å². The standard InChI is InChI=1S/C14H14FNO.C4H4O4/c1-9-6-10(2-4-16-9)13-8-12(15)7-11-3-5-17-14(11)13;5-3(6)1-2-4(7)8/h2-3,5,7-9,16H,4,6H2,1H3;1-2H,(H,5,6)(H,7,8)/b;2-1+. The molecule has 0 saturated heterocycles. The molecule has 0 bridgehead atoms. The molecule has 1 aliphatic heterocycles. The van der Waals surface area contributed by atoms with Gasteiger partial charge in [0.2, 0.25) is 0 Å². The number of furan rings is 1. The molecule has 0 spiro atoms. The molecule has 1 atom stereocenters. The maximum absolute atomic E-state index is 13.5. The molecule has 1 unspecified atom stereocenters. The van der Waals surface area contributed by atoms with Gasteiger partial charge in [0, 0.05) is 35.7 Å². The molecule has 0 aliphatic carbocycles. The van der Waals surface area contributed by atoms with Crippen LogP contribution < -0.4 is 5.32 Å². The van der Waals surface area contributed by atoms with Crippen molar-refractivity contribution in [2.45, 2.75) is 19.4 Å². The van der Waals surface area contributed by atoms with Crippen molar-refractivity contribution in [2.75, 3.05) is 6.54 Å². The highest BCUT2D eigenvalue weighted by atomic mass is 19.1. The van der Waals surface area contributed by atoms with E-state index in [9.17, 15) is 14.0 Å². The number of fused-ring (bicyclic) bond motifs is 1. The van der Waals surface area contributed by atoms with Gasteiger partial charge in [-0.25, -0.2) is 14.0 Å². The van der Waals surface area contributed by atoms with Crippen LogP contribution in [0.15, 0.2) is 47.1 Å². The summed E-state index contributed by atoms with van der Waals surface area (Å²) >= 11 is 0. The van der Waals surface area contributed by atoms with E-state index in [4.69, 9.17) is 14.6 Å². The van der Waals surface area contributed by atoms with Crippen LogP contribution in [0.4, 0.5) is 4.39 Å². The summed E-state index contributed by atoms with van der Waals surface area (Å²) in [6, 6.07) is 5.29. The van der Waals surface area contributed by atoms with Gasteiger partial charge in [0.1, 0.15) is 11.4 Å². The SMILES string of the molecule is CC1CC(c2cc(F)cc3ccoc23)=CCN1.O=C(O)/C=C/C(=O)O. The van der Waals surface area contributed by atoms with Crippen LogP contribution in [0.5, 0.6) is 0 Å². The molecule has 1 aromatic carbocycles. The third kappa shape index (κ3) is 5.29. The molecule has 2 heterocycles. The number of nitrogens with one attached hydrogen (secondary N) is 1. The minimum Gasteiger partial charge on any atom is -0.478 e. The lowest BCUT2D eigenvalue weighted by Crippen LogP contribution is -2.29. The summed E-state index contributed by atoms with van der Waals surface area (Å²) in [4.78, 5) is 19.1. The highest BCUT2D eigenvalue weighted by Crippen LogP contribution is 2.30. The van der Waals surface area contributed by atoms with Crippen LogP contribution in [0, 0.1) is 5.82 Å². The van der Waals surface area contributed by atoms with Gasteiger partial charge in [0.25, 0.3) is 0 Å². The van der Waals surface area contributed by atoms with Crippen molar-refractivity contribution in [3.05, 3.63) is 54.1 Å². The fourth-order valence-corrected chi connectivity index (χ4v) is 2.52. The third-order valence-electron chi connectivity index (χ3n) is 3.57. The maximum Gasteiger partial charge on any atom is 0.328 e. The van der Waals surface area contributed by atoms with Gasteiger partial charge >= 0.3 is 11.9 Å². The molecule has 7 heteroatoms. The lowest BCUT2D eigenvalue weighted by atomic mass is 9.95. The van der Waals surface area contributed by atoms with Crippen molar-refractivity contribution in [2.24, 2.45) is 0 Å². The van der Waals surface area contributed by atoms with Crippen molar-refractivity contribution in [1.29, 1.82) is 0 Å². The van der Waals surface area contributed by atoms with Gasteiger partial charge in [-0.2, -0.15) is 0 Å². The van der Waals surface area contributed by atoms with E-state index in [2.05, 4.69) is 18.3 Å². The topological polar surface area (TPSA) is 99.8 Å². The average Bonchev–Trinajstić information content (AvgIpc) is 3.01. The zero-order valence-electron chi connectivity index (χ0n) is 13.5. The molecule has 2 aromatic rings. The normalized spacial score (nSPS) is 17.0. The Morgan fingerprint density at radius 1 is 1.28 bits per heavy atom. The molecule has 0 saturated carbocycles. The highest BCUT2D eigenvalue weighted by molar-refractivity contribution is 5.90. The molecule has 3 N–H and O–H groups in total. The summed E-state index contributed by atoms with van der Waals surface area (Å²) in [5, 5.41) is 19.8. The Labute approximate surface area is 143 Å². The number of carboxylic acid groups (broad SMARTS) is 2. The Bertz CT molecular complexity index is 821. The van der Waals surface area contributed by atoms with Crippen molar-refractivity contribution in [1.82, 2.24) is 5.32 Å². The molecule has 1 aromatic heterocycles. The van der Waals surface area contributed by atoms with Gasteiger partial charge in [-0.1, -0.05) is 6.08 Å². The van der Waals surface area contributed by atoms with Gasteiger partial charge in [-0.15, -0.1) is 0 Å². The van der Waals surface area contributed by atoms with Crippen LogP contribution in [0.1, 0.15) is 18.9 Å². The summed E-state index contributed by atoms with van der Waals surface area (Å²) in [7, 11) is 0. The molecule has 0 amide bonds. The predicted octanol–water partition coefficient (Wildman–Crippen LogP) is 3.05. The van der Waals surface area contributed by atoms with E-state index in [1.54, 1.807) is 18.4 Å². The van der Waals surface area contributed by atoms with Crippen LogP contribution in [-0.2, 0) is 9.59 Å². The zero-order chi connectivity index (χ0) is 18.4. The highest BCUT2D eigenvalue weighted by Gasteiger charge is 2.16. The van der Waals surface area contributed by atoms with Crippen LogP contribution in [0.2, 0.25) is 0 Å². The number of rotatable bonds is 3. The van der Waals surface area contributed by atoms with E-state index in [0.717, 1.165) is 35.1 Å². The van der Waals surface area contributed by atoms with Gasteiger partial charge in [-0.3, -0.25) is 0 Å². The van der Waals surface area contributed by atoms with E-state index in [1.165, 1.54) is 6.07 Å². The Hall–Kier alpha value is -2.93. The zero-order valence-corrected chi connectivity index (χ0v) is 13.5. The smallest absolute Gasteiger partial charge is 0.328 e. The third-order valence-corrected chi connectivity index (χ3v) is 3.57. The Morgan fingerprint density at radius 2 is 1.96 bits per heavy atom. The first kappa shape index (κ1) is 18.4. The minimum absolute atomic E-state index is 0.207. The van der Waals surface area contributed by atoms with Crippen molar-refractivity contribution >= 4 is 28.5 Å². The second-order valence-corrected chi connectivity index (χ2v) is 5.54. The fourth-order valence-electron chi connectivity index (χ4n) is 2.52. The number of carbonyl (C=O) groups is 2. The largest absolute Gasteiger partial charge is 0.478 e. The van der Waals surface area contributed by atoms with Gasteiger partial charge in [0.05, 0.1) is 6.26 Å². The molecule has 1 aliphatic rings. The molecule has 132 valence electrons. The lowest BCUT2D eigenvalue weighted by molar-refractivity contribution is -0.134. The van der Waals surface area contributed by atoms with Crippen LogP contribution in [0.25, 0.3) is 16.5 Å². The molecule has 25 heavy (non-hydrogen) atoms. The Kier molecular flexibility index (Phi) is 6.08. The summed E-state index contributed by atoms with van der Waals surface area (Å²) in [6.45, 7) is 2.96. The van der Waals surface area contributed by atoms with Crippen molar-refractivity contribution in [3.63, 3.8) is 0 Å². The average molecular weight is 347 g/mol. The van der Waals surface area contributed by atoms with E-state index < -0.39 is 11.9 Å². The summed E-state index contributed by atoms with van der Waals surface area (Å²) < 4.78 is 19.0. The van der Waals surface area contributed by atoms with Crippen LogP contribution >= 0.6 is 0 Å². The maximum atomic E-state index is 13.5. The van der Waals surface area contributed by atoms with Crippen LogP contribution in [-0.4, -0.2) is 34.7 Å². The predicted molar refractivity (Wildman–Crippen MR) is 90.6 cm³/mol. The summed E-state index contributed by atoms with van der Waals surface area (Å²) in [5.41, 5.74) is 2.83. The molecule has 3 rings (SSSR count). The minimum atomic E-state index is -1.26. The molecule has 6 nitrogen and oxygen atoms in total. The van der Waals surface area contributed by atoms with Crippen LogP contribution in [0.3, 0.4) is 0 Å². The molecule has 0 fully saturated rings. The summed E-state index contributed by atoms with van der Waals surface area (Å²) in [5.74, 6) is -2.72. The van der Waals surface area contributed by atoms with Crippen molar-refractivity contribution in [3.8, 4) is 0 Å². The van der Waals surface area contributed by atoms with E-state index in [0.29, 0.717) is 18.2 Å². The second-order valence-electron chi connectivity index (χ2n) is 5.54. The summed E-state index contributed by atoms with van der Waals surface area (Å²) in [6.07, 6.45) is 5.74. The van der Waals surface area contributed by atoms with Gasteiger partial charge in [0.15, 0.2) is 0 Å². The first-order chi connectivity index (χ1) is 11.9. The molecule has 0 radical (unpaired) electrons. The van der Waals surface area contributed by atoms with E-state index >= 15 is 0 Å². The monoisotopic (exact) mass is 347 g/mol. The molecular weight excluding hydrogens is 329 g/mol. The number of aliphatic carboxylic acids is 2. The fraction of sp³-hybridized carbons (Fsp3) is 0.222. The molecular formula is C18H18FNO5. The van der Waals surface area contributed by atoms with E-state index in [1.807, 2.05) is 0 Å². The van der Waals surface area contributed by atoms with Crippen molar-refractivity contribution < 1.29 is 28.6 Å². The number of hydrogen-bond acceptors (Lipinski definition) is 4. The first-order valence-electron chi connectivity index (χ1n) is 7.60. The number of hydrogen-bond donors (Lipinski definition) is 3. The Balaban J connectivity index is 0.000000242. The first-order valence-corrected chi connectivity index (χ1v) is 7.60. The number of halogens is 1. The lowest BCUT2D eigenvalue weighted by Gasteiger charge is -2.21. The van der Waals surface area contributed by atoms with Gasteiger partial charge in [-0.05, 0) is 37.1 Å². The Morgan fingerprint density at radius 3 is 2.56 bits per heavy atom. The van der Waals surface area contributed by atoms with Gasteiger partial charge < -0.3 is 19.9 Å². The quantitative estimate of drug-likeness (QED) is 0.738. The second kappa shape index (κ2) is 8.25. The number of carboxylic acids is 2.